The van der Waals surface area contributed by atoms with E-state index in [0.29, 0.717) is 31.5 Å². The van der Waals surface area contributed by atoms with Gasteiger partial charge in [0.1, 0.15) is 0 Å². The van der Waals surface area contributed by atoms with Crippen molar-refractivity contribution >= 4 is 5.91 Å². The van der Waals surface area contributed by atoms with Crippen LogP contribution in [0.3, 0.4) is 0 Å². The number of rotatable bonds is 4. The van der Waals surface area contributed by atoms with E-state index < -0.39 is 0 Å². The standard InChI is InChI=1S/C13H23N3O/c1-11-5-6-12(2)16(9-11)10-13(17)15(3)8-4-7-14/h11-12H,4-6,8-10H2,1-3H3. The normalized spacial score (nSPS) is 25.3. The SMILES string of the molecule is CC1CCC(C)N(CC(=O)N(C)CCC#N)C1. The molecule has 4 heteroatoms. The molecule has 1 saturated heterocycles. The first kappa shape index (κ1) is 14.0. The smallest absolute Gasteiger partial charge is 0.236 e. The van der Waals surface area contributed by atoms with E-state index in [1.807, 2.05) is 0 Å². The van der Waals surface area contributed by atoms with Gasteiger partial charge in [0.05, 0.1) is 19.0 Å². The number of carbonyl (C=O) groups excluding carboxylic acids is 1. The lowest BCUT2D eigenvalue weighted by molar-refractivity contribution is -0.132. The number of likely N-dealkylation sites (N-methyl/N-ethyl adjacent to an activating group) is 1. The fourth-order valence-corrected chi connectivity index (χ4v) is 2.24. The van der Waals surface area contributed by atoms with Crippen molar-refractivity contribution in [1.29, 1.82) is 5.26 Å². The number of hydrogen-bond acceptors (Lipinski definition) is 3. The summed E-state index contributed by atoms with van der Waals surface area (Å²) in [7, 11) is 1.78. The van der Waals surface area contributed by atoms with Crippen LogP contribution in [0.5, 0.6) is 0 Å². The van der Waals surface area contributed by atoms with Gasteiger partial charge >= 0.3 is 0 Å². The molecular formula is C13H23N3O. The molecule has 4 nitrogen and oxygen atoms in total. The van der Waals surface area contributed by atoms with Crippen molar-refractivity contribution < 1.29 is 4.79 Å². The molecule has 0 aromatic rings. The molecule has 0 aromatic carbocycles. The largest absolute Gasteiger partial charge is 0.344 e. The third-order valence-corrected chi connectivity index (χ3v) is 3.57. The van der Waals surface area contributed by atoms with Gasteiger partial charge in [-0.25, -0.2) is 0 Å². The van der Waals surface area contributed by atoms with Gasteiger partial charge in [0.15, 0.2) is 0 Å². The predicted octanol–water partition coefficient (Wildman–Crippen LogP) is 1.48. The van der Waals surface area contributed by atoms with Crippen LogP contribution in [-0.4, -0.2) is 48.4 Å². The minimum absolute atomic E-state index is 0.126. The Labute approximate surface area is 104 Å². The van der Waals surface area contributed by atoms with Crippen LogP contribution in [0.1, 0.15) is 33.1 Å². The van der Waals surface area contributed by atoms with E-state index in [0.717, 1.165) is 6.54 Å². The van der Waals surface area contributed by atoms with Crippen LogP contribution in [0, 0.1) is 17.2 Å². The molecule has 0 spiro atoms. The third kappa shape index (κ3) is 4.35. The summed E-state index contributed by atoms with van der Waals surface area (Å²) >= 11 is 0. The number of carbonyl (C=O) groups is 1. The maximum atomic E-state index is 11.9. The molecule has 1 fully saturated rings. The molecule has 0 saturated carbocycles. The Morgan fingerprint density at radius 3 is 2.82 bits per heavy atom. The van der Waals surface area contributed by atoms with Crippen molar-refractivity contribution in [1.82, 2.24) is 9.80 Å². The molecule has 1 rings (SSSR count). The van der Waals surface area contributed by atoms with Crippen LogP contribution in [0.4, 0.5) is 0 Å². The van der Waals surface area contributed by atoms with Crippen molar-refractivity contribution in [3.05, 3.63) is 0 Å². The van der Waals surface area contributed by atoms with E-state index in [9.17, 15) is 4.79 Å². The van der Waals surface area contributed by atoms with Crippen LogP contribution in [0.25, 0.3) is 0 Å². The van der Waals surface area contributed by atoms with Gasteiger partial charge in [-0.1, -0.05) is 6.92 Å². The van der Waals surface area contributed by atoms with Gasteiger partial charge in [-0.2, -0.15) is 5.26 Å². The van der Waals surface area contributed by atoms with E-state index in [2.05, 4.69) is 24.8 Å². The molecule has 1 aliphatic heterocycles. The van der Waals surface area contributed by atoms with Crippen LogP contribution < -0.4 is 0 Å². The highest BCUT2D eigenvalue weighted by atomic mass is 16.2. The van der Waals surface area contributed by atoms with E-state index in [4.69, 9.17) is 5.26 Å². The second kappa shape index (κ2) is 6.61. The summed E-state index contributed by atoms with van der Waals surface area (Å²) in [6, 6.07) is 2.57. The molecule has 96 valence electrons. The number of likely N-dealkylation sites (tertiary alicyclic amines) is 1. The molecule has 2 atom stereocenters. The zero-order chi connectivity index (χ0) is 12.8. The molecule has 2 unspecified atom stereocenters. The maximum absolute atomic E-state index is 11.9. The van der Waals surface area contributed by atoms with Crippen molar-refractivity contribution in [2.24, 2.45) is 5.92 Å². The Hall–Kier alpha value is -1.08. The Morgan fingerprint density at radius 2 is 2.18 bits per heavy atom. The summed E-state index contributed by atoms with van der Waals surface area (Å²) in [5.74, 6) is 0.810. The minimum atomic E-state index is 0.126. The zero-order valence-corrected chi connectivity index (χ0v) is 11.1. The Kier molecular flexibility index (Phi) is 5.43. The molecule has 17 heavy (non-hydrogen) atoms. The van der Waals surface area contributed by atoms with Gasteiger partial charge < -0.3 is 4.90 Å². The van der Waals surface area contributed by atoms with Crippen molar-refractivity contribution in [2.45, 2.75) is 39.2 Å². The lowest BCUT2D eigenvalue weighted by atomic mass is 9.95. The van der Waals surface area contributed by atoms with Crippen LogP contribution in [0.2, 0.25) is 0 Å². The molecule has 0 aromatic heterocycles. The average Bonchev–Trinajstić information content (AvgIpc) is 2.30. The van der Waals surface area contributed by atoms with Crippen molar-refractivity contribution in [3.63, 3.8) is 0 Å². The highest BCUT2D eigenvalue weighted by Crippen LogP contribution is 2.20. The van der Waals surface area contributed by atoms with Gasteiger partial charge in [0.25, 0.3) is 0 Å². The van der Waals surface area contributed by atoms with E-state index in [1.165, 1.54) is 12.8 Å². The van der Waals surface area contributed by atoms with Crippen LogP contribution >= 0.6 is 0 Å². The zero-order valence-electron chi connectivity index (χ0n) is 11.1. The molecular weight excluding hydrogens is 214 g/mol. The molecule has 0 aliphatic carbocycles. The molecule has 0 bridgehead atoms. The highest BCUT2D eigenvalue weighted by molar-refractivity contribution is 5.78. The molecule has 1 heterocycles. The Bertz CT molecular complexity index is 298. The number of nitrogens with zero attached hydrogens (tertiary/aromatic N) is 3. The van der Waals surface area contributed by atoms with Gasteiger partial charge in [0, 0.05) is 26.2 Å². The summed E-state index contributed by atoms with van der Waals surface area (Å²) in [6.45, 7) is 6.47. The topological polar surface area (TPSA) is 47.3 Å². The summed E-state index contributed by atoms with van der Waals surface area (Å²) in [5.41, 5.74) is 0. The quantitative estimate of drug-likeness (QED) is 0.744. The van der Waals surface area contributed by atoms with Crippen LogP contribution in [-0.2, 0) is 4.79 Å². The lowest BCUT2D eigenvalue weighted by Gasteiger charge is -2.36. The van der Waals surface area contributed by atoms with Gasteiger partial charge in [0.2, 0.25) is 5.91 Å². The molecule has 0 N–H and O–H groups in total. The Balaban J connectivity index is 2.41. The first-order chi connectivity index (χ1) is 8.04. The maximum Gasteiger partial charge on any atom is 0.236 e. The summed E-state index contributed by atoms with van der Waals surface area (Å²) in [6.07, 6.45) is 2.85. The summed E-state index contributed by atoms with van der Waals surface area (Å²) < 4.78 is 0. The monoisotopic (exact) mass is 237 g/mol. The fraction of sp³-hybridized carbons (Fsp3) is 0.846. The van der Waals surface area contributed by atoms with Gasteiger partial charge in [-0.3, -0.25) is 9.69 Å². The number of amides is 1. The first-order valence-corrected chi connectivity index (χ1v) is 6.39. The van der Waals surface area contributed by atoms with E-state index in [1.54, 1.807) is 11.9 Å². The molecule has 1 amide bonds. The van der Waals surface area contributed by atoms with E-state index in [-0.39, 0.29) is 5.91 Å². The van der Waals surface area contributed by atoms with Gasteiger partial charge in [-0.15, -0.1) is 0 Å². The molecule has 0 radical (unpaired) electrons. The highest BCUT2D eigenvalue weighted by Gasteiger charge is 2.25. The summed E-state index contributed by atoms with van der Waals surface area (Å²) in [5, 5.41) is 8.50. The second-order valence-corrected chi connectivity index (χ2v) is 5.18. The third-order valence-electron chi connectivity index (χ3n) is 3.57. The lowest BCUT2D eigenvalue weighted by Crippen LogP contribution is -2.47. The van der Waals surface area contributed by atoms with Gasteiger partial charge in [-0.05, 0) is 25.7 Å². The minimum Gasteiger partial charge on any atom is -0.344 e. The fourth-order valence-electron chi connectivity index (χ4n) is 2.24. The number of piperidine rings is 1. The van der Waals surface area contributed by atoms with E-state index >= 15 is 0 Å². The average molecular weight is 237 g/mol. The first-order valence-electron chi connectivity index (χ1n) is 6.39. The second-order valence-electron chi connectivity index (χ2n) is 5.18. The molecule has 1 aliphatic rings. The Morgan fingerprint density at radius 1 is 1.47 bits per heavy atom. The number of nitriles is 1. The van der Waals surface area contributed by atoms with Crippen LogP contribution in [0.15, 0.2) is 0 Å². The van der Waals surface area contributed by atoms with Crippen molar-refractivity contribution in [2.75, 3.05) is 26.7 Å². The van der Waals surface area contributed by atoms with Crippen molar-refractivity contribution in [3.8, 4) is 6.07 Å². The summed E-state index contributed by atoms with van der Waals surface area (Å²) in [4.78, 5) is 15.9. The predicted molar refractivity (Wildman–Crippen MR) is 67.3 cm³/mol. The number of hydrogen-bond donors (Lipinski definition) is 0.